The molecular weight excluding hydrogens is 498 g/mol. The Morgan fingerprint density at radius 3 is 2.34 bits per heavy atom. The molecule has 0 aromatic heterocycles. The van der Waals surface area contributed by atoms with E-state index >= 15 is 0 Å². The Morgan fingerprint density at radius 1 is 1.03 bits per heavy atom. The number of rotatable bonds is 7. The lowest BCUT2D eigenvalue weighted by Crippen LogP contribution is -2.06. The topological polar surface area (TPSA) is 85.2 Å². The molecule has 3 aromatic carbocycles. The maximum absolute atomic E-state index is 12.2. The first-order valence-corrected chi connectivity index (χ1v) is 10.4. The van der Waals surface area contributed by atoms with Gasteiger partial charge in [0.2, 0.25) is 0 Å². The van der Waals surface area contributed by atoms with Crippen LogP contribution in [0.2, 0.25) is 5.02 Å². The van der Waals surface area contributed by atoms with Crippen LogP contribution in [0.25, 0.3) is 6.08 Å². The third-order valence-corrected chi connectivity index (χ3v) is 5.02. The van der Waals surface area contributed by atoms with Crippen LogP contribution in [0.15, 0.2) is 76.2 Å². The molecule has 32 heavy (non-hydrogen) atoms. The van der Waals surface area contributed by atoms with Crippen LogP contribution in [-0.4, -0.2) is 30.4 Å². The SMILES string of the molecule is COc1cc(/C=N/c2ccc(C(=O)O)cc2)cc(Cl)c1OC(=O)/C=C/c1ccc(Br)cc1. The van der Waals surface area contributed by atoms with E-state index in [-0.39, 0.29) is 22.1 Å². The van der Waals surface area contributed by atoms with E-state index in [4.69, 9.17) is 26.2 Å². The van der Waals surface area contributed by atoms with E-state index in [0.29, 0.717) is 11.3 Å². The average molecular weight is 515 g/mol. The van der Waals surface area contributed by atoms with Gasteiger partial charge < -0.3 is 14.6 Å². The lowest BCUT2D eigenvalue weighted by molar-refractivity contribution is -0.129. The number of methoxy groups -OCH3 is 1. The third kappa shape index (κ3) is 6.29. The average Bonchev–Trinajstić information content (AvgIpc) is 2.79. The Kier molecular flexibility index (Phi) is 7.81. The van der Waals surface area contributed by atoms with Crippen LogP contribution in [0.5, 0.6) is 11.5 Å². The third-order valence-electron chi connectivity index (χ3n) is 4.21. The van der Waals surface area contributed by atoms with Gasteiger partial charge in [0.15, 0.2) is 11.5 Å². The summed E-state index contributed by atoms with van der Waals surface area (Å²) in [4.78, 5) is 27.5. The van der Waals surface area contributed by atoms with E-state index in [9.17, 15) is 9.59 Å². The number of esters is 1. The second-order valence-electron chi connectivity index (χ2n) is 6.45. The molecule has 0 unspecified atom stereocenters. The number of aromatic carboxylic acids is 1. The van der Waals surface area contributed by atoms with Gasteiger partial charge in [-0.25, -0.2) is 9.59 Å². The molecule has 162 valence electrons. The second kappa shape index (κ2) is 10.7. The summed E-state index contributed by atoms with van der Waals surface area (Å²) in [5, 5.41) is 9.13. The first-order valence-electron chi connectivity index (χ1n) is 9.26. The van der Waals surface area contributed by atoms with Crippen molar-refractivity contribution in [1.82, 2.24) is 0 Å². The summed E-state index contributed by atoms with van der Waals surface area (Å²) in [5.41, 5.74) is 2.19. The van der Waals surface area contributed by atoms with E-state index in [0.717, 1.165) is 10.0 Å². The van der Waals surface area contributed by atoms with Crippen LogP contribution in [0.3, 0.4) is 0 Å². The first kappa shape index (κ1) is 23.2. The number of benzene rings is 3. The molecule has 0 aliphatic heterocycles. The van der Waals surface area contributed by atoms with Crippen LogP contribution in [0, 0.1) is 0 Å². The molecule has 1 N–H and O–H groups in total. The van der Waals surface area contributed by atoms with Gasteiger partial charge in [-0.3, -0.25) is 4.99 Å². The number of carbonyl (C=O) groups is 2. The Hall–Kier alpha value is -3.42. The Balaban J connectivity index is 1.74. The predicted octanol–water partition coefficient (Wildman–Crippen LogP) is 6.18. The summed E-state index contributed by atoms with van der Waals surface area (Å²) < 4.78 is 11.6. The van der Waals surface area contributed by atoms with Crippen molar-refractivity contribution in [3.8, 4) is 11.5 Å². The highest BCUT2D eigenvalue weighted by Gasteiger charge is 2.14. The largest absolute Gasteiger partial charge is 0.493 e. The van der Waals surface area contributed by atoms with Gasteiger partial charge in [0.1, 0.15) is 0 Å². The van der Waals surface area contributed by atoms with Gasteiger partial charge >= 0.3 is 11.9 Å². The summed E-state index contributed by atoms with van der Waals surface area (Å²) in [5.74, 6) is -1.24. The molecule has 3 aromatic rings. The zero-order chi connectivity index (χ0) is 23.1. The molecule has 0 saturated carbocycles. The van der Waals surface area contributed by atoms with Crippen LogP contribution >= 0.6 is 27.5 Å². The van der Waals surface area contributed by atoms with E-state index in [1.807, 2.05) is 24.3 Å². The highest BCUT2D eigenvalue weighted by molar-refractivity contribution is 9.10. The van der Waals surface area contributed by atoms with E-state index in [1.54, 1.807) is 36.6 Å². The number of carboxylic acid groups (broad SMARTS) is 1. The number of carbonyl (C=O) groups excluding carboxylic acids is 1. The highest BCUT2D eigenvalue weighted by Crippen LogP contribution is 2.36. The zero-order valence-corrected chi connectivity index (χ0v) is 19.1. The minimum atomic E-state index is -1.01. The maximum Gasteiger partial charge on any atom is 0.336 e. The molecule has 0 radical (unpaired) electrons. The summed E-state index contributed by atoms with van der Waals surface area (Å²) in [7, 11) is 1.44. The number of aliphatic imine (C=N–C) groups is 1. The Labute approximate surface area is 197 Å². The van der Waals surface area contributed by atoms with Gasteiger partial charge in [0.25, 0.3) is 0 Å². The number of halogens is 2. The number of hydrogen-bond donors (Lipinski definition) is 1. The van der Waals surface area contributed by atoms with Gasteiger partial charge in [-0.15, -0.1) is 0 Å². The van der Waals surface area contributed by atoms with Gasteiger partial charge in [0, 0.05) is 16.8 Å². The summed E-state index contributed by atoms with van der Waals surface area (Å²) in [6.45, 7) is 0. The van der Waals surface area contributed by atoms with Gasteiger partial charge in [0.05, 0.1) is 23.4 Å². The van der Waals surface area contributed by atoms with Crippen molar-refractivity contribution in [2.75, 3.05) is 7.11 Å². The molecule has 0 aliphatic rings. The van der Waals surface area contributed by atoms with Crippen LogP contribution in [0.4, 0.5) is 5.69 Å². The Morgan fingerprint density at radius 2 is 1.72 bits per heavy atom. The molecule has 0 fully saturated rings. The fourth-order valence-electron chi connectivity index (χ4n) is 2.63. The van der Waals surface area contributed by atoms with Gasteiger partial charge in [-0.2, -0.15) is 0 Å². The minimum Gasteiger partial charge on any atom is -0.493 e. The standard InChI is InChI=1S/C24H17BrClNO5/c1-31-21-13-16(14-27-19-9-5-17(6-10-19)24(29)30)12-20(26)23(21)32-22(28)11-4-15-2-7-18(25)8-3-15/h2-14H,1H3,(H,29,30)/b11-4+,27-14+. The summed E-state index contributed by atoms with van der Waals surface area (Å²) in [6.07, 6.45) is 4.48. The zero-order valence-electron chi connectivity index (χ0n) is 16.8. The fraction of sp³-hybridized carbons (Fsp3) is 0.0417. The van der Waals surface area contributed by atoms with E-state index < -0.39 is 11.9 Å². The predicted molar refractivity (Wildman–Crippen MR) is 127 cm³/mol. The van der Waals surface area contributed by atoms with Crippen molar-refractivity contribution in [3.63, 3.8) is 0 Å². The van der Waals surface area contributed by atoms with Crippen molar-refractivity contribution in [3.05, 3.63) is 92.9 Å². The van der Waals surface area contributed by atoms with E-state index in [1.165, 1.54) is 25.3 Å². The molecule has 0 bridgehead atoms. The van der Waals surface area contributed by atoms with Crippen LogP contribution in [0.1, 0.15) is 21.5 Å². The number of nitrogens with zero attached hydrogens (tertiary/aromatic N) is 1. The molecule has 0 saturated heterocycles. The Bertz CT molecular complexity index is 1190. The van der Waals surface area contributed by atoms with Crippen molar-refractivity contribution < 1.29 is 24.2 Å². The molecule has 0 atom stereocenters. The highest BCUT2D eigenvalue weighted by atomic mass is 79.9. The molecule has 8 heteroatoms. The first-order chi connectivity index (χ1) is 15.4. The summed E-state index contributed by atoms with van der Waals surface area (Å²) >= 11 is 9.67. The molecular formula is C24H17BrClNO5. The fourth-order valence-corrected chi connectivity index (χ4v) is 3.15. The van der Waals surface area contributed by atoms with Gasteiger partial charge in [-0.05, 0) is 65.7 Å². The lowest BCUT2D eigenvalue weighted by Gasteiger charge is -2.11. The minimum absolute atomic E-state index is 0.0996. The van der Waals surface area contributed by atoms with Gasteiger partial charge in [-0.1, -0.05) is 39.7 Å². The van der Waals surface area contributed by atoms with Crippen LogP contribution in [-0.2, 0) is 4.79 Å². The number of hydrogen-bond acceptors (Lipinski definition) is 5. The molecule has 0 spiro atoms. The normalized spacial score (nSPS) is 11.1. The van der Waals surface area contributed by atoms with Crippen molar-refractivity contribution in [2.24, 2.45) is 4.99 Å². The smallest absolute Gasteiger partial charge is 0.336 e. The second-order valence-corrected chi connectivity index (χ2v) is 7.77. The molecule has 0 amide bonds. The quantitative estimate of drug-likeness (QED) is 0.176. The van der Waals surface area contributed by atoms with Crippen LogP contribution < -0.4 is 9.47 Å². The molecule has 0 aliphatic carbocycles. The number of ether oxygens (including phenoxy) is 2. The lowest BCUT2D eigenvalue weighted by atomic mass is 10.2. The van der Waals surface area contributed by atoms with E-state index in [2.05, 4.69) is 20.9 Å². The van der Waals surface area contributed by atoms with Crippen molar-refractivity contribution in [1.29, 1.82) is 0 Å². The molecule has 6 nitrogen and oxygen atoms in total. The monoisotopic (exact) mass is 513 g/mol. The number of carboxylic acids is 1. The summed E-state index contributed by atoms with van der Waals surface area (Å²) in [6, 6.07) is 16.8. The van der Waals surface area contributed by atoms with Crippen molar-refractivity contribution >= 4 is 57.4 Å². The maximum atomic E-state index is 12.2. The molecule has 0 heterocycles. The molecule has 3 rings (SSSR count). The van der Waals surface area contributed by atoms with Crippen molar-refractivity contribution in [2.45, 2.75) is 0 Å².